The van der Waals surface area contributed by atoms with Crippen molar-refractivity contribution in [3.05, 3.63) is 59.7 Å². The van der Waals surface area contributed by atoms with E-state index in [0.29, 0.717) is 12.5 Å². The molecule has 0 spiro atoms. The van der Waals surface area contributed by atoms with E-state index in [-0.39, 0.29) is 42.0 Å². The fraction of sp³-hybridized carbons (Fsp3) is 0.316. The molecule has 154 valence electrons. The molecule has 9 heteroatoms. The molecule has 2 rings (SSSR count). The van der Waals surface area contributed by atoms with Gasteiger partial charge in [-0.1, -0.05) is 36.4 Å². The smallest absolute Gasteiger partial charge is 0.422 e. The molecule has 0 saturated heterocycles. The van der Waals surface area contributed by atoms with Crippen molar-refractivity contribution in [3.63, 3.8) is 0 Å². The van der Waals surface area contributed by atoms with Crippen molar-refractivity contribution in [1.29, 1.82) is 0 Å². The minimum absolute atomic E-state index is 0. The van der Waals surface area contributed by atoms with Gasteiger partial charge in [0.25, 0.3) is 0 Å². The molecule has 5 nitrogen and oxygen atoms in total. The van der Waals surface area contributed by atoms with Crippen molar-refractivity contribution in [3.8, 4) is 11.5 Å². The molecule has 3 N–H and O–H groups in total. The number of rotatable bonds is 8. The highest BCUT2D eigenvalue weighted by atomic mass is 127. The van der Waals surface area contributed by atoms with Gasteiger partial charge in [0.2, 0.25) is 0 Å². The van der Waals surface area contributed by atoms with Crippen LogP contribution in [0.2, 0.25) is 0 Å². The minimum Gasteiger partial charge on any atom is -0.493 e. The summed E-state index contributed by atoms with van der Waals surface area (Å²) in [6, 6.07) is 14.6. The molecule has 0 aliphatic rings. The van der Waals surface area contributed by atoms with Crippen LogP contribution in [0, 0.1) is 0 Å². The van der Waals surface area contributed by atoms with Gasteiger partial charge in [0.15, 0.2) is 24.1 Å². The van der Waals surface area contributed by atoms with Gasteiger partial charge in [0.1, 0.15) is 0 Å². The standard InChI is InChI=1S/C19H22F3N3O2.HI/c1-26-17-11-15(7-8-16(17)27-13-19(20,21)22)12-25-18(23)24-10-9-14-5-3-2-4-6-14;/h2-8,11H,9-10,12-13H2,1H3,(H3,23,24,25);1H. The van der Waals surface area contributed by atoms with Gasteiger partial charge < -0.3 is 20.5 Å². The first kappa shape index (κ1) is 23.9. The average Bonchev–Trinajstić information content (AvgIpc) is 2.65. The van der Waals surface area contributed by atoms with Gasteiger partial charge >= 0.3 is 6.18 Å². The molecule has 28 heavy (non-hydrogen) atoms. The molecule has 0 aliphatic heterocycles. The van der Waals surface area contributed by atoms with E-state index in [1.54, 1.807) is 12.1 Å². The number of nitrogens with two attached hydrogens (primary N) is 1. The second-order valence-corrected chi connectivity index (χ2v) is 5.75. The fourth-order valence-electron chi connectivity index (χ4n) is 2.30. The van der Waals surface area contributed by atoms with E-state index in [0.717, 1.165) is 12.0 Å². The Hall–Kier alpha value is -2.17. The van der Waals surface area contributed by atoms with E-state index in [4.69, 9.17) is 15.2 Å². The van der Waals surface area contributed by atoms with Crippen LogP contribution >= 0.6 is 24.0 Å². The Morgan fingerprint density at radius 2 is 1.79 bits per heavy atom. The maximum absolute atomic E-state index is 12.3. The van der Waals surface area contributed by atoms with Crippen molar-refractivity contribution in [2.45, 2.75) is 19.1 Å². The highest BCUT2D eigenvalue weighted by molar-refractivity contribution is 14.0. The number of nitrogens with zero attached hydrogens (tertiary/aromatic N) is 1. The summed E-state index contributed by atoms with van der Waals surface area (Å²) in [4.78, 5) is 4.22. The number of nitrogens with one attached hydrogen (secondary N) is 1. The number of ether oxygens (including phenoxy) is 2. The van der Waals surface area contributed by atoms with Gasteiger partial charge in [0.05, 0.1) is 13.7 Å². The summed E-state index contributed by atoms with van der Waals surface area (Å²) in [6.07, 6.45) is -3.59. The zero-order chi connectivity index (χ0) is 19.7. The van der Waals surface area contributed by atoms with E-state index < -0.39 is 12.8 Å². The lowest BCUT2D eigenvalue weighted by molar-refractivity contribution is -0.153. The normalized spacial score (nSPS) is 11.5. The maximum Gasteiger partial charge on any atom is 0.422 e. The summed E-state index contributed by atoms with van der Waals surface area (Å²) in [5, 5.41) is 3.03. The number of methoxy groups -OCH3 is 1. The molecular weight excluding hydrogens is 486 g/mol. The van der Waals surface area contributed by atoms with Crippen molar-refractivity contribution < 1.29 is 22.6 Å². The van der Waals surface area contributed by atoms with Crippen molar-refractivity contribution in [1.82, 2.24) is 5.32 Å². The SMILES string of the molecule is COc1cc(CN=C(N)NCCc2ccccc2)ccc1OCC(F)(F)F.I. The summed E-state index contributed by atoms with van der Waals surface area (Å²) in [5.74, 6) is 0.529. The van der Waals surface area contributed by atoms with Gasteiger partial charge in [-0.3, -0.25) is 0 Å². The number of halogens is 4. The highest BCUT2D eigenvalue weighted by Gasteiger charge is 2.29. The third-order valence-electron chi connectivity index (χ3n) is 3.61. The van der Waals surface area contributed by atoms with E-state index in [2.05, 4.69) is 10.3 Å². The van der Waals surface area contributed by atoms with Crippen LogP contribution in [0.1, 0.15) is 11.1 Å². The Kier molecular flexibility index (Phi) is 9.91. The molecule has 0 heterocycles. The molecule has 2 aromatic carbocycles. The molecule has 0 atom stereocenters. The lowest BCUT2D eigenvalue weighted by Gasteiger charge is -2.13. The summed E-state index contributed by atoms with van der Waals surface area (Å²) >= 11 is 0. The average molecular weight is 509 g/mol. The Labute approximate surface area is 179 Å². The maximum atomic E-state index is 12.3. The zero-order valence-electron chi connectivity index (χ0n) is 15.3. The van der Waals surface area contributed by atoms with Gasteiger partial charge in [-0.25, -0.2) is 4.99 Å². The minimum atomic E-state index is -4.41. The van der Waals surface area contributed by atoms with Crippen LogP contribution in [0.15, 0.2) is 53.5 Å². The lowest BCUT2D eigenvalue weighted by Crippen LogP contribution is -2.33. The zero-order valence-corrected chi connectivity index (χ0v) is 17.7. The molecule has 0 bridgehead atoms. The number of benzene rings is 2. The van der Waals surface area contributed by atoms with Crippen molar-refractivity contribution >= 4 is 29.9 Å². The summed E-state index contributed by atoms with van der Waals surface area (Å²) in [7, 11) is 1.36. The monoisotopic (exact) mass is 509 g/mol. The fourth-order valence-corrected chi connectivity index (χ4v) is 2.30. The first-order chi connectivity index (χ1) is 12.9. The van der Waals surface area contributed by atoms with Gasteiger partial charge in [-0.2, -0.15) is 13.2 Å². The molecule has 0 aromatic heterocycles. The van der Waals surface area contributed by atoms with Crippen LogP contribution in [0.5, 0.6) is 11.5 Å². The number of guanidine groups is 1. The van der Waals surface area contributed by atoms with Gasteiger partial charge in [-0.15, -0.1) is 24.0 Å². The van der Waals surface area contributed by atoms with Gasteiger partial charge in [0, 0.05) is 6.54 Å². The second kappa shape index (κ2) is 11.6. The topological polar surface area (TPSA) is 68.9 Å². The third-order valence-corrected chi connectivity index (χ3v) is 3.61. The predicted octanol–water partition coefficient (Wildman–Crippen LogP) is 3.90. The molecule has 0 unspecified atom stereocenters. The molecule has 0 radical (unpaired) electrons. The summed E-state index contributed by atoms with van der Waals surface area (Å²) in [5.41, 5.74) is 7.77. The van der Waals surface area contributed by atoms with Crippen molar-refractivity contribution in [2.24, 2.45) is 10.7 Å². The number of hydrogen-bond acceptors (Lipinski definition) is 3. The lowest BCUT2D eigenvalue weighted by atomic mass is 10.1. The van der Waals surface area contributed by atoms with E-state index in [1.165, 1.54) is 18.7 Å². The summed E-state index contributed by atoms with van der Waals surface area (Å²) < 4.78 is 46.6. The first-order valence-corrected chi connectivity index (χ1v) is 8.31. The Morgan fingerprint density at radius 1 is 1.07 bits per heavy atom. The quantitative estimate of drug-likeness (QED) is 0.322. The van der Waals surface area contributed by atoms with Crippen molar-refractivity contribution in [2.75, 3.05) is 20.3 Å². The molecular formula is C19H23F3IN3O2. The molecule has 2 aromatic rings. The molecule has 0 amide bonds. The number of alkyl halides is 3. The van der Waals surface area contributed by atoms with E-state index in [9.17, 15) is 13.2 Å². The Balaban J connectivity index is 0.00000392. The molecule has 0 saturated carbocycles. The van der Waals surface area contributed by atoms with E-state index >= 15 is 0 Å². The highest BCUT2D eigenvalue weighted by Crippen LogP contribution is 2.30. The van der Waals surface area contributed by atoms with Crippen LogP contribution < -0.4 is 20.5 Å². The first-order valence-electron chi connectivity index (χ1n) is 8.31. The predicted molar refractivity (Wildman–Crippen MR) is 113 cm³/mol. The van der Waals surface area contributed by atoms with Crippen LogP contribution in [0.25, 0.3) is 0 Å². The number of aliphatic imine (C=N–C) groups is 1. The third kappa shape index (κ3) is 8.68. The van der Waals surface area contributed by atoms with E-state index in [1.807, 2.05) is 30.3 Å². The molecule has 0 aliphatic carbocycles. The molecule has 0 fully saturated rings. The largest absolute Gasteiger partial charge is 0.493 e. The van der Waals surface area contributed by atoms with Crippen LogP contribution in [-0.4, -0.2) is 32.4 Å². The number of hydrogen-bond donors (Lipinski definition) is 2. The Bertz CT molecular complexity index is 756. The Morgan fingerprint density at radius 3 is 2.43 bits per heavy atom. The van der Waals surface area contributed by atoms with Crippen LogP contribution in [-0.2, 0) is 13.0 Å². The van der Waals surface area contributed by atoms with Crippen LogP contribution in [0.3, 0.4) is 0 Å². The summed E-state index contributed by atoms with van der Waals surface area (Å²) in [6.45, 7) is -0.466. The second-order valence-electron chi connectivity index (χ2n) is 5.75. The van der Waals surface area contributed by atoms with Crippen LogP contribution in [0.4, 0.5) is 13.2 Å². The van der Waals surface area contributed by atoms with Gasteiger partial charge in [-0.05, 0) is 29.7 Å².